The van der Waals surface area contributed by atoms with Gasteiger partial charge in [0.05, 0.1) is 33.2 Å². The molecule has 0 aliphatic rings. The van der Waals surface area contributed by atoms with E-state index in [1.165, 1.54) is 0 Å². The number of aldehydes is 1. The minimum Gasteiger partial charge on any atom is -0.481 e. The van der Waals surface area contributed by atoms with E-state index >= 15 is 0 Å². The molecule has 0 aromatic carbocycles. The van der Waals surface area contributed by atoms with Crippen molar-refractivity contribution in [2.75, 3.05) is 33.8 Å². The molecule has 0 aromatic rings. The molecule has 182 valence electrons. The number of esters is 1. The van der Waals surface area contributed by atoms with E-state index in [1.54, 1.807) is 13.8 Å². The van der Waals surface area contributed by atoms with Crippen LogP contribution in [0.25, 0.3) is 0 Å². The summed E-state index contributed by atoms with van der Waals surface area (Å²) in [7, 11) is 3.88. The smallest absolute Gasteiger partial charge is 0.333 e. The Bertz CT molecular complexity index is 675. The minimum absolute atomic E-state index is 0.00644. The molecule has 0 rings (SSSR count). The standard InChI is InChI=1S/C23H39N3O6/c1-17(2)22(30)25-20(12-14-24-13-8-16-32-23(31)18(3)4)26(5,6)19(9-7-15-27)10-11-21(28)29/h15,19-20,24H,1,3,7-14,16H2,2,4-6H3,(H-,25,28,29,30)/p+1. The maximum absolute atomic E-state index is 12.3. The first kappa shape index (κ1) is 29.5. The normalized spacial score (nSPS) is 13.0. The molecule has 0 aliphatic heterocycles. The zero-order valence-electron chi connectivity index (χ0n) is 19.9. The molecule has 0 bridgehead atoms. The van der Waals surface area contributed by atoms with Crippen molar-refractivity contribution in [3.63, 3.8) is 0 Å². The van der Waals surface area contributed by atoms with Crippen LogP contribution in [0.4, 0.5) is 0 Å². The second-order valence-corrected chi connectivity index (χ2v) is 8.54. The van der Waals surface area contributed by atoms with Crippen LogP contribution < -0.4 is 10.6 Å². The molecule has 0 heterocycles. The van der Waals surface area contributed by atoms with E-state index in [2.05, 4.69) is 23.8 Å². The monoisotopic (exact) mass is 454 g/mol. The van der Waals surface area contributed by atoms with Crippen molar-refractivity contribution in [3.05, 3.63) is 24.3 Å². The van der Waals surface area contributed by atoms with Crippen LogP contribution in [-0.4, -0.2) is 79.7 Å². The number of hydrogen-bond acceptors (Lipinski definition) is 6. The lowest BCUT2D eigenvalue weighted by Crippen LogP contribution is -2.63. The quantitative estimate of drug-likeness (QED) is 0.0721. The Kier molecular flexibility index (Phi) is 14.1. The van der Waals surface area contributed by atoms with Gasteiger partial charge in [0.25, 0.3) is 5.91 Å². The largest absolute Gasteiger partial charge is 0.481 e. The average Bonchev–Trinajstić information content (AvgIpc) is 2.70. The number of carboxylic acid groups (broad SMARTS) is 1. The van der Waals surface area contributed by atoms with Crippen molar-refractivity contribution in [1.29, 1.82) is 0 Å². The van der Waals surface area contributed by atoms with E-state index in [-0.39, 0.29) is 24.5 Å². The Balaban J connectivity index is 5.03. The fourth-order valence-corrected chi connectivity index (χ4v) is 3.31. The second-order valence-electron chi connectivity index (χ2n) is 8.54. The molecule has 1 amide bonds. The first-order valence-corrected chi connectivity index (χ1v) is 10.9. The summed E-state index contributed by atoms with van der Waals surface area (Å²) >= 11 is 0. The second kappa shape index (κ2) is 15.3. The van der Waals surface area contributed by atoms with E-state index in [4.69, 9.17) is 9.84 Å². The van der Waals surface area contributed by atoms with Gasteiger partial charge >= 0.3 is 11.9 Å². The number of nitrogens with one attached hydrogen (secondary N) is 2. The summed E-state index contributed by atoms with van der Waals surface area (Å²) in [6.07, 6.45) is 3.00. The predicted molar refractivity (Wildman–Crippen MR) is 123 cm³/mol. The third kappa shape index (κ3) is 11.8. The topological polar surface area (TPSA) is 122 Å². The molecule has 0 saturated heterocycles. The van der Waals surface area contributed by atoms with Crippen LogP contribution >= 0.6 is 0 Å². The van der Waals surface area contributed by atoms with Gasteiger partial charge in [-0.1, -0.05) is 13.2 Å². The minimum atomic E-state index is -0.891. The van der Waals surface area contributed by atoms with Crippen molar-refractivity contribution in [3.8, 4) is 0 Å². The first-order valence-electron chi connectivity index (χ1n) is 10.9. The summed E-state index contributed by atoms with van der Waals surface area (Å²) in [6, 6.07) is -0.117. The van der Waals surface area contributed by atoms with E-state index in [9.17, 15) is 19.2 Å². The summed E-state index contributed by atoms with van der Waals surface area (Å²) < 4.78 is 5.40. The van der Waals surface area contributed by atoms with Crippen LogP contribution in [0.3, 0.4) is 0 Å². The molecule has 0 fully saturated rings. The number of amides is 1. The highest BCUT2D eigenvalue weighted by atomic mass is 16.5. The van der Waals surface area contributed by atoms with Crippen molar-refractivity contribution >= 4 is 24.1 Å². The highest BCUT2D eigenvalue weighted by Gasteiger charge is 2.37. The number of rotatable bonds is 18. The molecule has 0 aromatic heterocycles. The molecule has 0 saturated carbocycles. The Labute approximate surface area is 191 Å². The summed E-state index contributed by atoms with van der Waals surface area (Å²) in [5.74, 6) is -1.56. The van der Waals surface area contributed by atoms with Crippen LogP contribution in [0, 0.1) is 0 Å². The molecular weight excluding hydrogens is 414 g/mol. The maximum atomic E-state index is 12.3. The van der Waals surface area contributed by atoms with E-state index in [1.807, 2.05) is 14.1 Å². The van der Waals surface area contributed by atoms with Gasteiger partial charge in [0, 0.05) is 43.4 Å². The van der Waals surface area contributed by atoms with Crippen molar-refractivity contribution < 1.29 is 33.5 Å². The summed E-state index contributed by atoms with van der Waals surface area (Å²) in [4.78, 5) is 45.8. The molecule has 9 heteroatoms. The number of nitrogens with zero attached hydrogens (tertiary/aromatic N) is 1. The van der Waals surface area contributed by atoms with Gasteiger partial charge < -0.3 is 29.8 Å². The zero-order valence-corrected chi connectivity index (χ0v) is 19.9. The Morgan fingerprint density at radius 1 is 1.06 bits per heavy atom. The number of carbonyl (C=O) groups excluding carboxylic acids is 3. The maximum Gasteiger partial charge on any atom is 0.333 e. The van der Waals surface area contributed by atoms with Gasteiger partial charge in [-0.2, -0.15) is 0 Å². The van der Waals surface area contributed by atoms with Gasteiger partial charge in [-0.15, -0.1) is 0 Å². The highest BCUT2D eigenvalue weighted by Crippen LogP contribution is 2.22. The Morgan fingerprint density at radius 3 is 2.25 bits per heavy atom. The lowest BCUT2D eigenvalue weighted by atomic mass is 10.0. The van der Waals surface area contributed by atoms with Crippen LogP contribution in [0.5, 0.6) is 0 Å². The third-order valence-corrected chi connectivity index (χ3v) is 5.41. The average molecular weight is 455 g/mol. The van der Waals surface area contributed by atoms with E-state index in [0.29, 0.717) is 67.4 Å². The molecular formula is C23H40N3O6+. The van der Waals surface area contributed by atoms with Gasteiger partial charge in [0.15, 0.2) is 6.17 Å². The molecule has 2 unspecified atom stereocenters. The fraction of sp³-hybridized carbons (Fsp3) is 0.652. The summed E-state index contributed by atoms with van der Waals surface area (Å²) in [5, 5.41) is 15.4. The summed E-state index contributed by atoms with van der Waals surface area (Å²) in [5.41, 5.74) is 0.748. The van der Waals surface area contributed by atoms with Gasteiger partial charge in [-0.3, -0.25) is 9.59 Å². The number of aliphatic carboxylic acids is 1. The third-order valence-electron chi connectivity index (χ3n) is 5.41. The number of carbonyl (C=O) groups is 4. The summed E-state index contributed by atoms with van der Waals surface area (Å²) in [6.45, 7) is 12.0. The Hall–Kier alpha value is -2.52. The van der Waals surface area contributed by atoms with Gasteiger partial charge in [-0.25, -0.2) is 4.79 Å². The van der Waals surface area contributed by atoms with Crippen molar-refractivity contribution in [1.82, 2.24) is 10.6 Å². The van der Waals surface area contributed by atoms with Crippen molar-refractivity contribution in [2.45, 2.75) is 64.6 Å². The van der Waals surface area contributed by atoms with Crippen LogP contribution in [0.15, 0.2) is 24.3 Å². The Morgan fingerprint density at radius 2 is 1.72 bits per heavy atom. The van der Waals surface area contributed by atoms with Gasteiger partial charge in [-0.05, 0) is 26.8 Å². The van der Waals surface area contributed by atoms with E-state index < -0.39 is 11.9 Å². The number of carboxylic acids is 1. The van der Waals surface area contributed by atoms with Crippen LogP contribution in [0.1, 0.15) is 52.4 Å². The molecule has 9 nitrogen and oxygen atoms in total. The highest BCUT2D eigenvalue weighted by molar-refractivity contribution is 5.92. The lowest BCUT2D eigenvalue weighted by Gasteiger charge is -2.44. The van der Waals surface area contributed by atoms with Crippen LogP contribution in [-0.2, 0) is 23.9 Å². The molecule has 32 heavy (non-hydrogen) atoms. The molecule has 3 N–H and O–H groups in total. The van der Waals surface area contributed by atoms with E-state index in [0.717, 1.165) is 6.29 Å². The molecule has 0 aliphatic carbocycles. The zero-order chi connectivity index (χ0) is 24.7. The number of quaternary nitrogens is 1. The predicted octanol–water partition coefficient (Wildman–Crippen LogP) is 1.78. The molecule has 0 radical (unpaired) electrons. The first-order chi connectivity index (χ1) is 14.9. The fourth-order valence-electron chi connectivity index (χ4n) is 3.31. The van der Waals surface area contributed by atoms with Crippen molar-refractivity contribution in [2.24, 2.45) is 0 Å². The lowest BCUT2D eigenvalue weighted by molar-refractivity contribution is -0.941. The van der Waals surface area contributed by atoms with Gasteiger partial charge in [0.2, 0.25) is 0 Å². The van der Waals surface area contributed by atoms with Gasteiger partial charge in [0.1, 0.15) is 6.29 Å². The number of ether oxygens (including phenoxy) is 1. The number of hydrogen-bond donors (Lipinski definition) is 3. The SMILES string of the molecule is C=C(C)C(=O)NC(CCNCCCOC(=O)C(=C)C)[N+](C)(C)C(CCC=O)CCC(=O)O. The molecule has 0 spiro atoms. The van der Waals surface area contributed by atoms with Crippen LogP contribution in [0.2, 0.25) is 0 Å². The molecule has 2 atom stereocenters.